The minimum Gasteiger partial charge on any atom is -0.210 e. The number of nitrogens with zero attached hydrogens (tertiary/aromatic N) is 1. The second-order valence-corrected chi connectivity index (χ2v) is 4.07. The van der Waals surface area contributed by atoms with Crippen LogP contribution in [0, 0.1) is 0 Å². The molecule has 4 nitrogen and oxygen atoms in total. The van der Waals surface area contributed by atoms with Crippen LogP contribution in [0.1, 0.15) is 6.92 Å². The molecule has 0 N–H and O–H groups in total. The average Bonchev–Trinajstić information content (AvgIpc) is 1.65. The number of hydrogen-bond acceptors (Lipinski definition) is 3. The summed E-state index contributed by atoms with van der Waals surface area (Å²) in [5.41, 5.74) is 0. The Morgan fingerprint density at radius 1 is 1.67 bits per heavy atom. The van der Waals surface area contributed by atoms with Crippen molar-refractivity contribution in [2.75, 3.05) is 0 Å². The molecule has 0 aliphatic heterocycles. The maximum Gasteiger partial charge on any atom is 0.280 e. The summed E-state index contributed by atoms with van der Waals surface area (Å²) >= 11 is 5.09. The van der Waals surface area contributed by atoms with Crippen molar-refractivity contribution < 1.29 is 13.2 Å². The van der Waals surface area contributed by atoms with E-state index >= 15 is 0 Å². The van der Waals surface area contributed by atoms with Gasteiger partial charge in [-0.2, -0.15) is 0 Å². The van der Waals surface area contributed by atoms with Gasteiger partial charge in [-0.05, 0) is 6.92 Å². The fourth-order valence-electron chi connectivity index (χ4n) is 0.125. The molecule has 1 unspecified atom stereocenters. The van der Waals surface area contributed by atoms with Gasteiger partial charge in [-0.3, -0.25) is 0 Å². The van der Waals surface area contributed by atoms with Gasteiger partial charge in [0.1, 0.15) is 0 Å². The van der Waals surface area contributed by atoms with Gasteiger partial charge in [0.2, 0.25) is 0 Å². The molecule has 6 heteroatoms. The van der Waals surface area contributed by atoms with E-state index in [9.17, 15) is 13.2 Å². The molecule has 0 saturated heterocycles. The number of alkyl halides is 1. The zero-order valence-corrected chi connectivity index (χ0v) is 6.11. The first kappa shape index (κ1) is 8.62. The lowest BCUT2D eigenvalue weighted by Gasteiger charge is -1.93. The summed E-state index contributed by atoms with van der Waals surface area (Å²) in [7, 11) is -3.78. The topological polar surface area (TPSA) is 63.6 Å². The molecule has 0 saturated carbocycles. The summed E-state index contributed by atoms with van der Waals surface area (Å²) in [4.78, 5) is 9.40. The average molecular weight is 170 g/mol. The molecule has 0 heterocycles. The van der Waals surface area contributed by atoms with Crippen molar-refractivity contribution in [1.29, 1.82) is 0 Å². The molecule has 0 aliphatic carbocycles. The van der Waals surface area contributed by atoms with Crippen molar-refractivity contribution in [2.45, 2.75) is 11.6 Å². The quantitative estimate of drug-likeness (QED) is 0.338. The van der Waals surface area contributed by atoms with Gasteiger partial charge in [-0.1, -0.05) is 4.40 Å². The van der Waals surface area contributed by atoms with Gasteiger partial charge in [0.25, 0.3) is 16.1 Å². The fraction of sp³-hybridized carbons (Fsp3) is 0.667. The van der Waals surface area contributed by atoms with Crippen molar-refractivity contribution in [2.24, 2.45) is 4.40 Å². The van der Waals surface area contributed by atoms with Gasteiger partial charge >= 0.3 is 0 Å². The zero-order valence-electron chi connectivity index (χ0n) is 4.54. The Labute approximate surface area is 57.6 Å². The highest BCUT2D eigenvalue weighted by Gasteiger charge is 2.15. The maximum atomic E-state index is 10.4. The number of hydrogen-bond donors (Lipinski definition) is 0. The summed E-state index contributed by atoms with van der Waals surface area (Å²) in [5.74, 6) is 0. The molecule has 0 rings (SSSR count). The van der Waals surface area contributed by atoms with Crippen LogP contribution in [0.15, 0.2) is 4.40 Å². The van der Waals surface area contributed by atoms with E-state index in [1.807, 2.05) is 0 Å². The number of rotatable bonds is 2. The maximum absolute atomic E-state index is 10.4. The molecule has 0 aliphatic rings. The van der Waals surface area contributed by atoms with Crippen LogP contribution >= 0.6 is 11.6 Å². The summed E-state index contributed by atoms with van der Waals surface area (Å²) in [5, 5.41) is 0. The number of halogens is 1. The smallest absolute Gasteiger partial charge is 0.210 e. The Morgan fingerprint density at radius 2 is 2.11 bits per heavy atom. The van der Waals surface area contributed by atoms with E-state index in [-0.39, 0.29) is 0 Å². The van der Waals surface area contributed by atoms with Crippen molar-refractivity contribution >= 4 is 27.7 Å². The highest BCUT2D eigenvalue weighted by molar-refractivity contribution is 7.92. The third-order valence-electron chi connectivity index (χ3n) is 0.575. The Morgan fingerprint density at radius 3 is 2.22 bits per heavy atom. The monoisotopic (exact) mass is 169 g/mol. The van der Waals surface area contributed by atoms with Gasteiger partial charge < -0.3 is 0 Å². The Kier molecular flexibility index (Phi) is 2.84. The lowest BCUT2D eigenvalue weighted by molar-refractivity contribution is 0.563. The lowest BCUT2D eigenvalue weighted by atomic mass is 11.0. The van der Waals surface area contributed by atoms with Crippen LogP contribution in [0.4, 0.5) is 0 Å². The molecule has 9 heavy (non-hydrogen) atoms. The highest BCUT2D eigenvalue weighted by Crippen LogP contribution is 2.05. The summed E-state index contributed by atoms with van der Waals surface area (Å²) in [6.45, 7) is 1.21. The Bertz CT molecular complexity index is 225. The van der Waals surface area contributed by atoms with Crippen molar-refractivity contribution in [1.82, 2.24) is 0 Å². The first-order valence-corrected chi connectivity index (χ1v) is 3.91. The van der Waals surface area contributed by atoms with Crippen LogP contribution in [0.5, 0.6) is 0 Å². The van der Waals surface area contributed by atoms with Gasteiger partial charge in [-0.15, -0.1) is 11.6 Å². The van der Waals surface area contributed by atoms with Crippen LogP contribution in [0.2, 0.25) is 0 Å². The van der Waals surface area contributed by atoms with Gasteiger partial charge in [-0.25, -0.2) is 13.2 Å². The molecule has 0 aromatic carbocycles. The van der Waals surface area contributed by atoms with E-state index in [1.54, 1.807) is 0 Å². The molecule has 0 spiro atoms. The van der Waals surface area contributed by atoms with E-state index in [1.165, 1.54) is 6.92 Å². The summed E-state index contributed by atoms with van der Waals surface area (Å²) in [6.07, 6.45) is 0.892. The molecule has 0 aromatic heterocycles. The van der Waals surface area contributed by atoms with E-state index in [4.69, 9.17) is 11.6 Å². The molecular weight excluding hydrogens is 166 g/mol. The Hall–Kier alpha value is -0.380. The van der Waals surface area contributed by atoms with Crippen molar-refractivity contribution in [3.05, 3.63) is 0 Å². The minimum absolute atomic E-state index is 0.892. The first-order valence-electron chi connectivity index (χ1n) is 1.97. The van der Waals surface area contributed by atoms with E-state index < -0.39 is 14.7 Å². The van der Waals surface area contributed by atoms with E-state index in [0.717, 1.165) is 6.08 Å². The van der Waals surface area contributed by atoms with Crippen molar-refractivity contribution in [3.8, 4) is 0 Å². The standard InChI is InChI=1S/C3H4ClNO3S/c1-3(4)9(7,8)5-2-6/h3H,1H3. The molecule has 0 bridgehead atoms. The van der Waals surface area contributed by atoms with Crippen LogP contribution in [0.25, 0.3) is 0 Å². The van der Waals surface area contributed by atoms with Crippen molar-refractivity contribution in [3.63, 3.8) is 0 Å². The van der Waals surface area contributed by atoms with Gasteiger partial charge in [0.05, 0.1) is 0 Å². The summed E-state index contributed by atoms with van der Waals surface area (Å²) < 4.78 is 22.1. The number of carbonyl (C=O) groups excluding carboxylic acids is 1. The normalized spacial score (nSPS) is 14.0. The van der Waals surface area contributed by atoms with E-state index in [2.05, 4.69) is 4.40 Å². The minimum atomic E-state index is -3.78. The molecule has 1 atom stereocenters. The predicted octanol–water partition coefficient (Wildman–Crippen LogP) is 0.237. The third-order valence-corrected chi connectivity index (χ3v) is 2.40. The molecule has 0 radical (unpaired) electrons. The Balaban J connectivity index is 4.62. The van der Waals surface area contributed by atoms with Crippen LogP contribution in [0.3, 0.4) is 0 Å². The SMILES string of the molecule is CC(Cl)S(=O)(=O)N=C=O. The second-order valence-electron chi connectivity index (χ2n) is 1.24. The van der Waals surface area contributed by atoms with Crippen LogP contribution in [-0.4, -0.2) is 19.2 Å². The van der Waals surface area contributed by atoms with Gasteiger partial charge in [0, 0.05) is 0 Å². The second kappa shape index (κ2) is 2.96. The van der Waals surface area contributed by atoms with Crippen LogP contribution < -0.4 is 0 Å². The first-order chi connectivity index (χ1) is 4.00. The molecule has 0 aromatic rings. The zero-order chi connectivity index (χ0) is 7.49. The largest absolute Gasteiger partial charge is 0.280 e. The van der Waals surface area contributed by atoms with Crippen LogP contribution in [-0.2, 0) is 14.8 Å². The predicted molar refractivity (Wildman–Crippen MR) is 32.4 cm³/mol. The molecule has 0 fully saturated rings. The fourth-order valence-corrected chi connectivity index (χ4v) is 0.493. The molecule has 0 amide bonds. The third kappa shape index (κ3) is 2.60. The van der Waals surface area contributed by atoms with E-state index in [0.29, 0.717) is 0 Å². The number of isocyanates is 1. The number of sulfonamides is 1. The lowest BCUT2D eigenvalue weighted by Crippen LogP contribution is -2.06. The van der Waals surface area contributed by atoms with Gasteiger partial charge in [0.15, 0.2) is 4.71 Å². The molecular formula is C3H4ClNO3S. The summed E-state index contributed by atoms with van der Waals surface area (Å²) in [6, 6.07) is 0. The molecule has 52 valence electrons. The highest BCUT2D eigenvalue weighted by atomic mass is 35.5.